The molecule has 0 aliphatic carbocycles. The molecule has 0 fully saturated rings. The van der Waals surface area contributed by atoms with E-state index < -0.39 is 5.97 Å². The predicted octanol–water partition coefficient (Wildman–Crippen LogP) is -0.872. The molecule has 0 amide bonds. The Kier molecular flexibility index (Phi) is 9.86. The van der Waals surface area contributed by atoms with Gasteiger partial charge in [0.2, 0.25) is 0 Å². The van der Waals surface area contributed by atoms with E-state index >= 15 is 0 Å². The number of ether oxygens (including phenoxy) is 1. The molecule has 5 heteroatoms. The molecule has 0 radical (unpaired) electrons. The molecule has 3 nitrogen and oxygen atoms in total. The minimum atomic E-state index is -1.20. The zero-order valence-corrected chi connectivity index (χ0v) is 14.9. The normalized spacial score (nSPS) is 9.53. The first-order valence-electron chi connectivity index (χ1n) is 5.22. The molecule has 17 heavy (non-hydrogen) atoms. The zero-order chi connectivity index (χ0) is 12.0. The molecule has 0 atom stereocenters. The maximum absolute atomic E-state index is 10.9. The van der Waals surface area contributed by atoms with Gasteiger partial charge in [0.1, 0.15) is 5.75 Å². The Bertz CT molecular complexity index is 369. The summed E-state index contributed by atoms with van der Waals surface area (Å²) >= 11 is 3.32. The van der Waals surface area contributed by atoms with Gasteiger partial charge in [0.25, 0.3) is 0 Å². The van der Waals surface area contributed by atoms with Crippen LogP contribution in [0.2, 0.25) is 0 Å². The van der Waals surface area contributed by atoms with E-state index in [0.29, 0.717) is 17.7 Å². The number of carboxylic acid groups (broad SMARTS) is 1. The number of unbranched alkanes of at least 4 members (excludes halogenated alkanes) is 1. The van der Waals surface area contributed by atoms with Crippen LogP contribution in [0.25, 0.3) is 0 Å². The van der Waals surface area contributed by atoms with E-state index in [9.17, 15) is 9.90 Å². The molecule has 88 valence electrons. The monoisotopic (exact) mass is 324 g/mol. The molecule has 0 saturated heterocycles. The Morgan fingerprint density at radius 1 is 1.47 bits per heavy atom. The molecule has 0 aromatic heterocycles. The summed E-state index contributed by atoms with van der Waals surface area (Å²) in [4.78, 5) is 10.9. The summed E-state index contributed by atoms with van der Waals surface area (Å²) in [5.41, 5.74) is 1.09. The number of rotatable bonds is 6. The van der Waals surface area contributed by atoms with Crippen LogP contribution in [-0.2, 0) is 5.33 Å². The number of aromatic carboxylic acids is 1. The van der Waals surface area contributed by atoms with Gasteiger partial charge in [0.15, 0.2) is 0 Å². The van der Waals surface area contributed by atoms with Crippen molar-refractivity contribution in [1.82, 2.24) is 0 Å². The summed E-state index contributed by atoms with van der Waals surface area (Å²) in [5.74, 6) is -0.807. The second kappa shape index (κ2) is 9.53. The van der Waals surface area contributed by atoms with Crippen LogP contribution >= 0.6 is 15.9 Å². The molecule has 1 aromatic carbocycles. The zero-order valence-electron chi connectivity index (χ0n) is 10.2. The van der Waals surface area contributed by atoms with Crippen LogP contribution < -0.4 is 61.2 Å². The number of hydrogen-bond acceptors (Lipinski definition) is 3. The third-order valence-corrected chi connectivity index (χ3v) is 2.82. The van der Waals surface area contributed by atoms with Crippen LogP contribution in [0.5, 0.6) is 5.75 Å². The van der Waals surface area contributed by atoms with Crippen molar-refractivity contribution in [1.29, 1.82) is 0 Å². The van der Waals surface area contributed by atoms with E-state index in [1.165, 1.54) is 6.07 Å². The van der Waals surface area contributed by atoms with E-state index in [1.54, 1.807) is 12.1 Å². The molecular weight excluding hydrogens is 311 g/mol. The molecule has 1 rings (SSSR count). The first kappa shape index (κ1) is 17.6. The number of hydrogen-bond donors (Lipinski definition) is 0. The van der Waals surface area contributed by atoms with Gasteiger partial charge in [-0.1, -0.05) is 35.3 Å². The van der Waals surface area contributed by atoms with Crippen molar-refractivity contribution in [2.75, 3.05) is 6.61 Å². The molecule has 0 bridgehead atoms. The summed E-state index contributed by atoms with van der Waals surface area (Å²) < 4.78 is 5.44. The Balaban J connectivity index is 0.00000256. The van der Waals surface area contributed by atoms with Crippen molar-refractivity contribution < 1.29 is 66.0 Å². The summed E-state index contributed by atoms with van der Waals surface area (Å²) in [5, 5.41) is 11.5. The standard InChI is InChI=1S/C12H15BrO3.K/c1-2-3-6-16-11-7-9(8-13)4-5-10(11)12(14)15;/h4-5,7H,2-3,6,8H2,1H3,(H,14,15);/q;+1/p-1. The number of carboxylic acids is 1. The van der Waals surface area contributed by atoms with Gasteiger partial charge in [-0.3, -0.25) is 0 Å². The molecular formula is C12H14BrKO3. The van der Waals surface area contributed by atoms with Gasteiger partial charge < -0.3 is 14.6 Å². The summed E-state index contributed by atoms with van der Waals surface area (Å²) in [6.45, 7) is 2.58. The summed E-state index contributed by atoms with van der Waals surface area (Å²) in [6.07, 6.45) is 1.92. The van der Waals surface area contributed by atoms with Gasteiger partial charge >= 0.3 is 51.4 Å². The second-order valence-electron chi connectivity index (χ2n) is 3.45. The van der Waals surface area contributed by atoms with Crippen LogP contribution in [0.4, 0.5) is 0 Å². The van der Waals surface area contributed by atoms with E-state index in [1.807, 2.05) is 0 Å². The van der Waals surface area contributed by atoms with Crippen molar-refractivity contribution in [2.24, 2.45) is 0 Å². The van der Waals surface area contributed by atoms with Gasteiger partial charge in [0, 0.05) is 10.9 Å². The average molecular weight is 325 g/mol. The van der Waals surface area contributed by atoms with Gasteiger partial charge in [-0.15, -0.1) is 0 Å². The average Bonchev–Trinajstić information content (AvgIpc) is 2.29. The Morgan fingerprint density at radius 2 is 2.18 bits per heavy atom. The van der Waals surface area contributed by atoms with Gasteiger partial charge in [-0.2, -0.15) is 0 Å². The Labute approximate surface area is 152 Å². The number of benzene rings is 1. The molecule has 0 N–H and O–H groups in total. The van der Waals surface area contributed by atoms with Crippen molar-refractivity contribution in [3.63, 3.8) is 0 Å². The Hall–Kier alpha value is 0.606. The molecule has 1 aromatic rings. The van der Waals surface area contributed by atoms with Crippen molar-refractivity contribution >= 4 is 21.9 Å². The minimum absolute atomic E-state index is 0. The quantitative estimate of drug-likeness (QED) is 0.388. The van der Waals surface area contributed by atoms with E-state index in [2.05, 4.69) is 22.9 Å². The molecule has 0 heterocycles. The van der Waals surface area contributed by atoms with Crippen LogP contribution in [0.3, 0.4) is 0 Å². The van der Waals surface area contributed by atoms with Gasteiger partial charge in [-0.05, 0) is 24.1 Å². The number of halogens is 1. The summed E-state index contributed by atoms with van der Waals surface area (Å²) in [6, 6.07) is 5.00. The molecule has 0 unspecified atom stereocenters. The van der Waals surface area contributed by atoms with Gasteiger partial charge in [0.05, 0.1) is 12.6 Å². The van der Waals surface area contributed by atoms with E-state index in [0.717, 1.165) is 18.4 Å². The summed E-state index contributed by atoms with van der Waals surface area (Å²) in [7, 11) is 0. The third-order valence-electron chi connectivity index (χ3n) is 2.18. The third kappa shape index (κ3) is 5.85. The van der Waals surface area contributed by atoms with Crippen molar-refractivity contribution in [3.8, 4) is 5.75 Å². The molecule has 0 spiro atoms. The first-order chi connectivity index (χ1) is 7.69. The fourth-order valence-corrected chi connectivity index (χ4v) is 1.61. The first-order valence-corrected chi connectivity index (χ1v) is 6.34. The predicted molar refractivity (Wildman–Crippen MR) is 63.8 cm³/mol. The van der Waals surface area contributed by atoms with Crippen LogP contribution in [0, 0.1) is 0 Å². The largest absolute Gasteiger partial charge is 1.00 e. The van der Waals surface area contributed by atoms with Crippen LogP contribution in [0.1, 0.15) is 35.7 Å². The number of carbonyl (C=O) groups is 1. The number of alkyl halides is 1. The van der Waals surface area contributed by atoms with Crippen molar-refractivity contribution in [2.45, 2.75) is 25.1 Å². The van der Waals surface area contributed by atoms with Crippen LogP contribution in [-0.4, -0.2) is 12.6 Å². The molecule has 0 saturated carbocycles. The van der Waals surface area contributed by atoms with Crippen molar-refractivity contribution in [3.05, 3.63) is 29.3 Å². The fraction of sp³-hybridized carbons (Fsp3) is 0.417. The van der Waals surface area contributed by atoms with Gasteiger partial charge in [-0.25, -0.2) is 0 Å². The number of carbonyl (C=O) groups excluding carboxylic acids is 1. The Morgan fingerprint density at radius 3 is 2.71 bits per heavy atom. The van der Waals surface area contributed by atoms with E-state index in [4.69, 9.17) is 4.74 Å². The minimum Gasteiger partial charge on any atom is -0.545 e. The fourth-order valence-electron chi connectivity index (χ4n) is 1.26. The maximum atomic E-state index is 10.9. The maximum Gasteiger partial charge on any atom is 1.00 e. The smallest absolute Gasteiger partial charge is 0.545 e. The molecule has 0 aliphatic heterocycles. The molecule has 0 aliphatic rings. The van der Waals surface area contributed by atoms with E-state index in [-0.39, 0.29) is 56.9 Å². The van der Waals surface area contributed by atoms with Crippen LogP contribution in [0.15, 0.2) is 18.2 Å². The SMILES string of the molecule is CCCCOc1cc(CBr)ccc1C(=O)[O-].[K+]. The topological polar surface area (TPSA) is 49.4 Å². The second-order valence-corrected chi connectivity index (χ2v) is 4.01.